The number of carbonyl (C=O) groups is 3. The summed E-state index contributed by atoms with van der Waals surface area (Å²) in [5.74, 6) is -1.83. The predicted molar refractivity (Wildman–Crippen MR) is 93.6 cm³/mol. The largest absolute Gasteiger partial charge is 0.484 e. The van der Waals surface area contributed by atoms with Crippen molar-refractivity contribution in [3.05, 3.63) is 42.5 Å². The van der Waals surface area contributed by atoms with Crippen LogP contribution in [0.2, 0.25) is 0 Å². The molecule has 0 aliphatic heterocycles. The van der Waals surface area contributed by atoms with Crippen molar-refractivity contribution >= 4 is 28.5 Å². The number of carbonyl (C=O) groups excluding carboxylic acids is 3. The van der Waals surface area contributed by atoms with Crippen LogP contribution in [-0.2, 0) is 14.4 Å². The highest BCUT2D eigenvalue weighted by Gasteiger charge is 2.20. The monoisotopic (exact) mass is 343 g/mol. The van der Waals surface area contributed by atoms with Crippen molar-refractivity contribution in [2.75, 3.05) is 6.61 Å². The van der Waals surface area contributed by atoms with Gasteiger partial charge in [0.05, 0.1) is 0 Å². The van der Waals surface area contributed by atoms with Gasteiger partial charge in [-0.3, -0.25) is 25.2 Å². The van der Waals surface area contributed by atoms with Gasteiger partial charge in [-0.25, -0.2) is 0 Å². The van der Waals surface area contributed by atoms with Gasteiger partial charge in [0, 0.05) is 5.54 Å². The van der Waals surface area contributed by atoms with E-state index < -0.39 is 23.3 Å². The third kappa shape index (κ3) is 5.80. The van der Waals surface area contributed by atoms with Crippen LogP contribution in [0.15, 0.2) is 42.5 Å². The standard InChI is InChI=1S/C18H21N3O4/c1-18(2,3)19-16(23)17(24)21-20-15(22)11-25-14-9-8-12-6-4-5-7-13(12)10-14/h4-10H,11H2,1-3H3,(H,19,23)(H,20,22)(H,21,24). The number of hydrazine groups is 1. The molecule has 25 heavy (non-hydrogen) atoms. The Morgan fingerprint density at radius 1 is 0.920 bits per heavy atom. The maximum Gasteiger partial charge on any atom is 0.327 e. The van der Waals surface area contributed by atoms with Crippen molar-refractivity contribution in [2.45, 2.75) is 26.3 Å². The van der Waals surface area contributed by atoms with Gasteiger partial charge in [-0.1, -0.05) is 30.3 Å². The SMILES string of the molecule is CC(C)(C)NC(=O)C(=O)NNC(=O)COc1ccc2ccccc2c1. The number of hydrogen-bond donors (Lipinski definition) is 3. The number of rotatable bonds is 3. The number of hydrogen-bond acceptors (Lipinski definition) is 4. The molecule has 0 aliphatic carbocycles. The van der Waals surface area contributed by atoms with Crippen molar-refractivity contribution in [3.63, 3.8) is 0 Å². The van der Waals surface area contributed by atoms with E-state index in [2.05, 4.69) is 10.7 Å². The minimum Gasteiger partial charge on any atom is -0.484 e. The molecule has 2 rings (SSSR count). The Morgan fingerprint density at radius 2 is 1.60 bits per heavy atom. The van der Waals surface area contributed by atoms with E-state index in [1.54, 1.807) is 26.8 Å². The molecule has 0 fully saturated rings. The number of fused-ring (bicyclic) bond motifs is 1. The van der Waals surface area contributed by atoms with E-state index >= 15 is 0 Å². The maximum atomic E-state index is 11.7. The molecule has 0 saturated heterocycles. The van der Waals surface area contributed by atoms with Gasteiger partial charge in [-0.2, -0.15) is 0 Å². The van der Waals surface area contributed by atoms with E-state index in [-0.39, 0.29) is 6.61 Å². The van der Waals surface area contributed by atoms with Crippen LogP contribution in [0.3, 0.4) is 0 Å². The Kier molecular flexibility index (Phi) is 5.59. The van der Waals surface area contributed by atoms with Gasteiger partial charge in [0.1, 0.15) is 5.75 Å². The first-order valence-electron chi connectivity index (χ1n) is 7.77. The Bertz CT molecular complexity index is 796. The highest BCUT2D eigenvalue weighted by Crippen LogP contribution is 2.20. The second-order valence-corrected chi connectivity index (χ2v) is 6.50. The smallest absolute Gasteiger partial charge is 0.327 e. The third-order valence-electron chi connectivity index (χ3n) is 3.10. The first-order chi connectivity index (χ1) is 11.7. The summed E-state index contributed by atoms with van der Waals surface area (Å²) in [6, 6.07) is 13.2. The van der Waals surface area contributed by atoms with Crippen LogP contribution in [0.1, 0.15) is 20.8 Å². The summed E-state index contributed by atoms with van der Waals surface area (Å²) in [6.07, 6.45) is 0. The molecule has 3 amide bonds. The fourth-order valence-corrected chi connectivity index (χ4v) is 2.02. The van der Waals surface area contributed by atoms with E-state index in [4.69, 9.17) is 4.74 Å². The average molecular weight is 343 g/mol. The summed E-state index contributed by atoms with van der Waals surface area (Å²) in [7, 11) is 0. The molecule has 2 aromatic rings. The minimum absolute atomic E-state index is 0.292. The normalized spacial score (nSPS) is 10.8. The quantitative estimate of drug-likeness (QED) is 0.578. The molecule has 0 bridgehead atoms. The van der Waals surface area contributed by atoms with Gasteiger partial charge in [0.2, 0.25) is 0 Å². The second kappa shape index (κ2) is 7.65. The van der Waals surface area contributed by atoms with Gasteiger partial charge >= 0.3 is 11.8 Å². The summed E-state index contributed by atoms with van der Waals surface area (Å²) in [4.78, 5) is 34.8. The van der Waals surface area contributed by atoms with E-state index in [0.29, 0.717) is 5.75 Å². The molecule has 7 nitrogen and oxygen atoms in total. The Hall–Kier alpha value is -3.09. The van der Waals surface area contributed by atoms with Crippen molar-refractivity contribution in [1.82, 2.24) is 16.2 Å². The molecule has 132 valence electrons. The van der Waals surface area contributed by atoms with Crippen LogP contribution in [0.25, 0.3) is 10.8 Å². The number of benzene rings is 2. The van der Waals surface area contributed by atoms with Gasteiger partial charge in [-0.15, -0.1) is 0 Å². The van der Waals surface area contributed by atoms with E-state index in [9.17, 15) is 14.4 Å². The van der Waals surface area contributed by atoms with Crippen molar-refractivity contribution in [3.8, 4) is 5.75 Å². The van der Waals surface area contributed by atoms with Gasteiger partial charge in [0.15, 0.2) is 6.61 Å². The lowest BCUT2D eigenvalue weighted by Gasteiger charge is -2.19. The Labute approximate surface area is 145 Å². The van der Waals surface area contributed by atoms with E-state index in [0.717, 1.165) is 10.8 Å². The lowest BCUT2D eigenvalue weighted by Crippen LogP contribution is -2.53. The van der Waals surface area contributed by atoms with E-state index in [1.807, 2.05) is 41.8 Å². The molecule has 2 aromatic carbocycles. The zero-order valence-electron chi connectivity index (χ0n) is 14.4. The van der Waals surface area contributed by atoms with Crippen LogP contribution in [0, 0.1) is 0 Å². The van der Waals surface area contributed by atoms with Crippen LogP contribution in [0.4, 0.5) is 0 Å². The lowest BCUT2D eigenvalue weighted by atomic mass is 10.1. The van der Waals surface area contributed by atoms with E-state index in [1.165, 1.54) is 0 Å². The summed E-state index contributed by atoms with van der Waals surface area (Å²) < 4.78 is 5.39. The second-order valence-electron chi connectivity index (χ2n) is 6.50. The molecule has 0 unspecified atom stereocenters. The van der Waals surface area contributed by atoms with Crippen LogP contribution >= 0.6 is 0 Å². The molecule has 0 aromatic heterocycles. The molecular formula is C18H21N3O4. The molecule has 0 spiro atoms. The highest BCUT2D eigenvalue weighted by molar-refractivity contribution is 6.35. The highest BCUT2D eigenvalue weighted by atomic mass is 16.5. The lowest BCUT2D eigenvalue weighted by molar-refractivity contribution is -0.141. The van der Waals surface area contributed by atoms with Gasteiger partial charge < -0.3 is 10.1 Å². The molecule has 0 aliphatic rings. The first-order valence-corrected chi connectivity index (χ1v) is 7.77. The number of nitrogens with one attached hydrogen (secondary N) is 3. The van der Waals surface area contributed by atoms with Crippen LogP contribution < -0.4 is 20.9 Å². The summed E-state index contributed by atoms with van der Waals surface area (Å²) in [6.45, 7) is 4.94. The van der Waals surface area contributed by atoms with Gasteiger partial charge in [0.25, 0.3) is 5.91 Å². The Balaban J connectivity index is 1.80. The minimum atomic E-state index is -0.950. The van der Waals surface area contributed by atoms with Crippen molar-refractivity contribution < 1.29 is 19.1 Å². The Morgan fingerprint density at radius 3 is 2.28 bits per heavy atom. The third-order valence-corrected chi connectivity index (χ3v) is 3.10. The topological polar surface area (TPSA) is 96.5 Å². The zero-order chi connectivity index (χ0) is 18.4. The summed E-state index contributed by atoms with van der Waals surface area (Å²) in [5, 5.41) is 4.54. The molecule has 0 radical (unpaired) electrons. The summed E-state index contributed by atoms with van der Waals surface area (Å²) >= 11 is 0. The molecule has 0 heterocycles. The molecule has 7 heteroatoms. The molecular weight excluding hydrogens is 322 g/mol. The number of amides is 3. The van der Waals surface area contributed by atoms with Gasteiger partial charge in [-0.05, 0) is 43.7 Å². The fourth-order valence-electron chi connectivity index (χ4n) is 2.02. The fraction of sp³-hybridized carbons (Fsp3) is 0.278. The number of ether oxygens (including phenoxy) is 1. The summed E-state index contributed by atoms with van der Waals surface area (Å²) in [5.41, 5.74) is 3.63. The molecule has 0 atom stereocenters. The average Bonchev–Trinajstić information content (AvgIpc) is 2.56. The molecule has 3 N–H and O–H groups in total. The zero-order valence-corrected chi connectivity index (χ0v) is 14.4. The van der Waals surface area contributed by atoms with Crippen LogP contribution in [0.5, 0.6) is 5.75 Å². The first kappa shape index (κ1) is 18.3. The molecule has 0 saturated carbocycles. The predicted octanol–water partition coefficient (Wildman–Crippen LogP) is 1.28. The van der Waals surface area contributed by atoms with Crippen LogP contribution in [-0.4, -0.2) is 29.9 Å². The maximum absolute atomic E-state index is 11.7. The van der Waals surface area contributed by atoms with Crippen molar-refractivity contribution in [1.29, 1.82) is 0 Å². The van der Waals surface area contributed by atoms with Crippen molar-refractivity contribution in [2.24, 2.45) is 0 Å².